The van der Waals surface area contributed by atoms with Crippen molar-refractivity contribution in [3.63, 3.8) is 0 Å². The summed E-state index contributed by atoms with van der Waals surface area (Å²) in [5, 5.41) is 7.84. The molecular formula is C14H28N4. The number of hydrogen-bond donors (Lipinski definition) is 1. The minimum Gasteiger partial charge on any atom is -0.318 e. The van der Waals surface area contributed by atoms with Crippen LogP contribution < -0.4 is 5.32 Å². The third kappa shape index (κ3) is 4.42. The second-order valence-corrected chi connectivity index (χ2v) is 4.68. The minimum absolute atomic E-state index is 0.960. The quantitative estimate of drug-likeness (QED) is 0.728. The molecule has 0 aliphatic heterocycles. The van der Waals surface area contributed by atoms with Crippen LogP contribution in [0.2, 0.25) is 0 Å². The molecule has 0 radical (unpaired) electrons. The van der Waals surface area contributed by atoms with E-state index in [1.807, 2.05) is 7.05 Å². The van der Waals surface area contributed by atoms with Crippen molar-refractivity contribution in [2.75, 3.05) is 26.7 Å². The van der Waals surface area contributed by atoms with Crippen molar-refractivity contribution in [1.29, 1.82) is 0 Å². The van der Waals surface area contributed by atoms with Gasteiger partial charge in [-0.25, -0.2) is 0 Å². The maximum absolute atomic E-state index is 4.62. The number of likely N-dealkylation sites (N-methyl/N-ethyl adjacent to an activating group) is 1. The Kier molecular flexibility index (Phi) is 6.98. The molecule has 0 aromatic carbocycles. The van der Waals surface area contributed by atoms with Crippen LogP contribution in [0.1, 0.15) is 38.6 Å². The number of nitrogens with zero attached hydrogens (tertiary/aromatic N) is 3. The molecule has 1 heterocycles. The van der Waals surface area contributed by atoms with Gasteiger partial charge >= 0.3 is 0 Å². The fourth-order valence-corrected chi connectivity index (χ4v) is 2.17. The molecule has 0 spiro atoms. The van der Waals surface area contributed by atoms with E-state index >= 15 is 0 Å². The van der Waals surface area contributed by atoms with Crippen molar-refractivity contribution < 1.29 is 0 Å². The molecule has 1 rings (SSSR count). The third-order valence-corrected chi connectivity index (χ3v) is 3.18. The standard InChI is InChI=1S/C14H28N4/c1-5-9-17(10-8-15-4)12-14-11-13(6-2)16-18(14)7-3/h11,15H,5-10,12H2,1-4H3. The second kappa shape index (κ2) is 8.27. The summed E-state index contributed by atoms with van der Waals surface area (Å²) < 4.78 is 2.14. The average Bonchev–Trinajstić information content (AvgIpc) is 2.78. The summed E-state index contributed by atoms with van der Waals surface area (Å²) in [5.74, 6) is 0. The highest BCUT2D eigenvalue weighted by Crippen LogP contribution is 2.09. The number of aromatic nitrogens is 2. The third-order valence-electron chi connectivity index (χ3n) is 3.18. The molecular weight excluding hydrogens is 224 g/mol. The van der Waals surface area contributed by atoms with Gasteiger partial charge in [0.15, 0.2) is 0 Å². The summed E-state index contributed by atoms with van der Waals surface area (Å²) in [4.78, 5) is 2.50. The molecule has 4 heteroatoms. The van der Waals surface area contributed by atoms with Crippen LogP contribution in [-0.2, 0) is 19.5 Å². The summed E-state index contributed by atoms with van der Waals surface area (Å²) in [7, 11) is 2.01. The van der Waals surface area contributed by atoms with Crippen molar-refractivity contribution in [3.8, 4) is 0 Å². The largest absolute Gasteiger partial charge is 0.318 e. The van der Waals surface area contributed by atoms with Gasteiger partial charge in [0.05, 0.1) is 11.4 Å². The van der Waals surface area contributed by atoms with E-state index in [1.165, 1.54) is 17.8 Å². The monoisotopic (exact) mass is 252 g/mol. The first-order valence-electron chi connectivity index (χ1n) is 7.17. The number of nitrogens with one attached hydrogen (secondary N) is 1. The molecule has 0 unspecified atom stereocenters. The normalized spacial score (nSPS) is 11.4. The summed E-state index contributed by atoms with van der Waals surface area (Å²) >= 11 is 0. The van der Waals surface area contributed by atoms with E-state index in [1.54, 1.807) is 0 Å². The van der Waals surface area contributed by atoms with Gasteiger partial charge in [0.2, 0.25) is 0 Å². The zero-order chi connectivity index (χ0) is 13.4. The van der Waals surface area contributed by atoms with Gasteiger partial charge in [0.25, 0.3) is 0 Å². The highest BCUT2D eigenvalue weighted by atomic mass is 15.3. The molecule has 0 amide bonds. The molecule has 104 valence electrons. The van der Waals surface area contributed by atoms with Crippen molar-refractivity contribution in [2.45, 2.75) is 46.7 Å². The fraction of sp³-hybridized carbons (Fsp3) is 0.786. The van der Waals surface area contributed by atoms with Crippen LogP contribution in [0, 0.1) is 0 Å². The molecule has 18 heavy (non-hydrogen) atoms. The van der Waals surface area contributed by atoms with Gasteiger partial charge < -0.3 is 5.32 Å². The van der Waals surface area contributed by atoms with Crippen molar-refractivity contribution >= 4 is 0 Å². The molecule has 0 atom stereocenters. The van der Waals surface area contributed by atoms with Crippen LogP contribution >= 0.6 is 0 Å². The smallest absolute Gasteiger partial charge is 0.0625 e. The van der Waals surface area contributed by atoms with E-state index in [4.69, 9.17) is 0 Å². The van der Waals surface area contributed by atoms with Gasteiger partial charge in [-0.2, -0.15) is 5.10 Å². The van der Waals surface area contributed by atoms with Gasteiger partial charge in [-0.3, -0.25) is 9.58 Å². The topological polar surface area (TPSA) is 33.1 Å². The number of rotatable bonds is 9. The lowest BCUT2D eigenvalue weighted by atomic mass is 10.3. The van der Waals surface area contributed by atoms with Crippen molar-refractivity contribution in [1.82, 2.24) is 20.0 Å². The first kappa shape index (κ1) is 15.2. The van der Waals surface area contributed by atoms with Gasteiger partial charge in [-0.05, 0) is 39.4 Å². The van der Waals surface area contributed by atoms with E-state index in [0.717, 1.165) is 39.1 Å². The van der Waals surface area contributed by atoms with E-state index < -0.39 is 0 Å². The summed E-state index contributed by atoms with van der Waals surface area (Å²) in [5.41, 5.74) is 2.55. The highest BCUT2D eigenvalue weighted by Gasteiger charge is 2.10. The molecule has 0 saturated carbocycles. The lowest BCUT2D eigenvalue weighted by Crippen LogP contribution is -2.31. The Balaban J connectivity index is 2.68. The van der Waals surface area contributed by atoms with Gasteiger partial charge in [0.1, 0.15) is 0 Å². The minimum atomic E-state index is 0.960. The van der Waals surface area contributed by atoms with E-state index in [2.05, 4.69) is 46.8 Å². The molecule has 4 nitrogen and oxygen atoms in total. The number of hydrogen-bond acceptors (Lipinski definition) is 3. The van der Waals surface area contributed by atoms with Gasteiger partial charge in [-0.1, -0.05) is 13.8 Å². The highest BCUT2D eigenvalue weighted by molar-refractivity contribution is 5.10. The van der Waals surface area contributed by atoms with E-state index in [9.17, 15) is 0 Å². The van der Waals surface area contributed by atoms with Gasteiger partial charge in [0, 0.05) is 26.2 Å². The zero-order valence-corrected chi connectivity index (χ0v) is 12.4. The average molecular weight is 252 g/mol. The van der Waals surface area contributed by atoms with Crippen LogP contribution in [-0.4, -0.2) is 41.4 Å². The van der Waals surface area contributed by atoms with Gasteiger partial charge in [-0.15, -0.1) is 0 Å². The predicted molar refractivity (Wildman–Crippen MR) is 76.8 cm³/mol. The molecule has 1 aromatic rings. The first-order valence-corrected chi connectivity index (χ1v) is 7.17. The Labute approximate surface area is 111 Å². The lowest BCUT2D eigenvalue weighted by Gasteiger charge is -2.21. The Bertz CT molecular complexity index is 333. The molecule has 0 aliphatic carbocycles. The summed E-state index contributed by atoms with van der Waals surface area (Å²) in [6.07, 6.45) is 2.22. The first-order chi connectivity index (χ1) is 8.74. The molecule has 0 bridgehead atoms. The Morgan fingerprint density at radius 2 is 2.06 bits per heavy atom. The summed E-state index contributed by atoms with van der Waals surface area (Å²) in [6.45, 7) is 11.8. The van der Waals surface area contributed by atoms with Crippen LogP contribution in [0.4, 0.5) is 0 Å². The fourth-order valence-electron chi connectivity index (χ4n) is 2.17. The van der Waals surface area contributed by atoms with E-state index in [-0.39, 0.29) is 0 Å². The second-order valence-electron chi connectivity index (χ2n) is 4.68. The Morgan fingerprint density at radius 1 is 1.28 bits per heavy atom. The van der Waals surface area contributed by atoms with Crippen LogP contribution in [0.15, 0.2) is 6.07 Å². The molecule has 0 saturated heterocycles. The van der Waals surface area contributed by atoms with Crippen LogP contribution in [0.3, 0.4) is 0 Å². The molecule has 1 aromatic heterocycles. The maximum Gasteiger partial charge on any atom is 0.0625 e. The SMILES string of the molecule is CCCN(CCNC)Cc1cc(CC)nn1CC. The Morgan fingerprint density at radius 3 is 2.61 bits per heavy atom. The molecule has 1 N–H and O–H groups in total. The van der Waals surface area contributed by atoms with Crippen LogP contribution in [0.5, 0.6) is 0 Å². The van der Waals surface area contributed by atoms with Crippen molar-refractivity contribution in [3.05, 3.63) is 17.5 Å². The van der Waals surface area contributed by atoms with Crippen LogP contribution in [0.25, 0.3) is 0 Å². The predicted octanol–water partition coefficient (Wildman–Crippen LogP) is 1.90. The van der Waals surface area contributed by atoms with E-state index in [0.29, 0.717) is 0 Å². The lowest BCUT2D eigenvalue weighted by molar-refractivity contribution is 0.259. The van der Waals surface area contributed by atoms with Crippen molar-refractivity contribution in [2.24, 2.45) is 0 Å². The molecule has 0 aliphatic rings. The zero-order valence-electron chi connectivity index (χ0n) is 12.4. The number of aryl methyl sites for hydroxylation is 2. The maximum atomic E-state index is 4.62. The Hall–Kier alpha value is -0.870. The summed E-state index contributed by atoms with van der Waals surface area (Å²) in [6, 6.07) is 2.26. The molecule has 0 fully saturated rings.